The van der Waals surface area contributed by atoms with Crippen molar-refractivity contribution in [3.63, 3.8) is 0 Å². The average molecular weight is 271 g/mol. The van der Waals surface area contributed by atoms with Gasteiger partial charge in [-0.3, -0.25) is 0 Å². The topological polar surface area (TPSA) is 25.2 Å². The molecule has 1 aromatic heterocycles. The van der Waals surface area contributed by atoms with Gasteiger partial charge in [-0.2, -0.15) is 0 Å². The fourth-order valence-electron chi connectivity index (χ4n) is 3.32. The zero-order chi connectivity index (χ0) is 13.8. The van der Waals surface area contributed by atoms with Gasteiger partial charge in [-0.05, 0) is 35.4 Å². The summed E-state index contributed by atoms with van der Waals surface area (Å²) in [6.07, 6.45) is 0.944. The predicted molar refractivity (Wildman–Crippen MR) is 86.3 cm³/mol. The van der Waals surface area contributed by atoms with Crippen LogP contribution in [0.1, 0.15) is 11.1 Å². The van der Waals surface area contributed by atoms with E-state index in [4.69, 9.17) is 4.42 Å². The second-order valence-corrected chi connectivity index (χ2v) is 5.52. The summed E-state index contributed by atoms with van der Waals surface area (Å²) in [5, 5.41) is 5.99. The van der Waals surface area contributed by atoms with Crippen LogP contribution in [0.3, 0.4) is 0 Å². The van der Waals surface area contributed by atoms with Gasteiger partial charge in [0, 0.05) is 28.6 Å². The fraction of sp³-hybridized carbons (Fsp3) is 0.0526. The van der Waals surface area contributed by atoms with E-state index in [2.05, 4.69) is 53.8 Å². The van der Waals surface area contributed by atoms with Gasteiger partial charge in [0.25, 0.3) is 0 Å². The quantitative estimate of drug-likeness (QED) is 0.417. The van der Waals surface area contributed by atoms with Gasteiger partial charge in [0.1, 0.15) is 11.2 Å². The van der Waals surface area contributed by atoms with E-state index in [1.807, 2.05) is 12.1 Å². The molecule has 4 aromatic rings. The minimum absolute atomic E-state index is 0.944. The second kappa shape index (κ2) is 3.89. The summed E-state index contributed by atoms with van der Waals surface area (Å²) in [5.41, 5.74) is 6.99. The summed E-state index contributed by atoms with van der Waals surface area (Å²) >= 11 is 0. The van der Waals surface area contributed by atoms with Crippen LogP contribution >= 0.6 is 0 Å². The number of furan rings is 1. The first-order valence-corrected chi connectivity index (χ1v) is 7.18. The minimum Gasteiger partial charge on any atom is -0.456 e. The van der Waals surface area contributed by atoms with Crippen LogP contribution in [0, 0.1) is 0 Å². The lowest BCUT2D eigenvalue weighted by atomic mass is 9.93. The van der Waals surface area contributed by atoms with Crippen LogP contribution in [0.15, 0.2) is 65.1 Å². The molecule has 2 heterocycles. The van der Waals surface area contributed by atoms with Gasteiger partial charge in [0.15, 0.2) is 0 Å². The van der Waals surface area contributed by atoms with E-state index in [-0.39, 0.29) is 0 Å². The van der Waals surface area contributed by atoms with Crippen LogP contribution in [0.4, 0.5) is 11.4 Å². The monoisotopic (exact) mass is 271 g/mol. The number of anilines is 2. The van der Waals surface area contributed by atoms with Crippen molar-refractivity contribution >= 4 is 33.3 Å². The molecule has 0 saturated carbocycles. The Labute approximate surface area is 122 Å². The van der Waals surface area contributed by atoms with E-state index >= 15 is 0 Å². The Bertz CT molecular complexity index is 997. The summed E-state index contributed by atoms with van der Waals surface area (Å²) in [5.74, 6) is 0. The van der Waals surface area contributed by atoms with Gasteiger partial charge >= 0.3 is 0 Å². The second-order valence-electron chi connectivity index (χ2n) is 5.52. The van der Waals surface area contributed by atoms with E-state index < -0.39 is 0 Å². The Kier molecular flexibility index (Phi) is 2.03. The summed E-state index contributed by atoms with van der Waals surface area (Å²) in [7, 11) is 0. The van der Waals surface area contributed by atoms with Crippen molar-refractivity contribution < 1.29 is 4.42 Å². The minimum atomic E-state index is 0.944. The largest absolute Gasteiger partial charge is 0.456 e. The van der Waals surface area contributed by atoms with Gasteiger partial charge in [-0.25, -0.2) is 0 Å². The Balaban J connectivity index is 1.86. The maximum Gasteiger partial charge on any atom is 0.135 e. The van der Waals surface area contributed by atoms with Crippen molar-refractivity contribution in [1.82, 2.24) is 0 Å². The molecular formula is C19H13NO. The van der Waals surface area contributed by atoms with E-state index in [0.717, 1.165) is 17.6 Å². The highest BCUT2D eigenvalue weighted by Crippen LogP contribution is 2.40. The summed E-state index contributed by atoms with van der Waals surface area (Å²) in [4.78, 5) is 0. The highest BCUT2D eigenvalue weighted by molar-refractivity contribution is 6.09. The van der Waals surface area contributed by atoms with Crippen LogP contribution in [-0.4, -0.2) is 0 Å². The molecule has 0 spiro atoms. The molecule has 0 fully saturated rings. The standard InChI is InChI=1S/C19H13NO/c1-3-7-15-12(5-1)11-14-16(20-15)9-10-18-19(14)13-6-2-4-8-17(13)21-18/h1-10,20H,11H2. The number of hydrogen-bond donors (Lipinski definition) is 1. The van der Waals surface area contributed by atoms with Crippen molar-refractivity contribution in [3.05, 3.63) is 71.8 Å². The molecular weight excluding hydrogens is 258 g/mol. The lowest BCUT2D eigenvalue weighted by molar-refractivity contribution is 0.669. The molecule has 2 nitrogen and oxygen atoms in total. The molecule has 0 unspecified atom stereocenters. The van der Waals surface area contributed by atoms with Crippen molar-refractivity contribution in [2.75, 3.05) is 5.32 Å². The van der Waals surface area contributed by atoms with E-state index in [0.29, 0.717) is 0 Å². The Hall–Kier alpha value is -2.74. The smallest absolute Gasteiger partial charge is 0.135 e. The number of para-hydroxylation sites is 2. The maximum absolute atomic E-state index is 5.98. The van der Waals surface area contributed by atoms with Gasteiger partial charge in [-0.1, -0.05) is 36.4 Å². The van der Waals surface area contributed by atoms with Crippen LogP contribution in [-0.2, 0) is 6.42 Å². The van der Waals surface area contributed by atoms with Gasteiger partial charge in [0.05, 0.1) is 0 Å². The predicted octanol–water partition coefficient (Wildman–Crippen LogP) is 5.23. The van der Waals surface area contributed by atoms with Crippen molar-refractivity contribution in [2.24, 2.45) is 0 Å². The molecule has 0 aliphatic carbocycles. The molecule has 0 amide bonds. The average Bonchev–Trinajstić information content (AvgIpc) is 2.92. The highest BCUT2D eigenvalue weighted by atomic mass is 16.3. The van der Waals surface area contributed by atoms with Crippen molar-refractivity contribution in [3.8, 4) is 0 Å². The molecule has 0 saturated heterocycles. The number of hydrogen-bond acceptors (Lipinski definition) is 2. The molecule has 2 heteroatoms. The molecule has 21 heavy (non-hydrogen) atoms. The zero-order valence-electron chi connectivity index (χ0n) is 11.4. The molecule has 100 valence electrons. The van der Waals surface area contributed by atoms with Crippen LogP contribution in [0.5, 0.6) is 0 Å². The zero-order valence-corrected chi connectivity index (χ0v) is 11.4. The first-order chi connectivity index (χ1) is 10.4. The molecule has 0 atom stereocenters. The van der Waals surface area contributed by atoms with Gasteiger partial charge in [0.2, 0.25) is 0 Å². The van der Waals surface area contributed by atoms with Crippen molar-refractivity contribution in [1.29, 1.82) is 0 Å². The first-order valence-electron chi connectivity index (χ1n) is 7.18. The Morgan fingerprint density at radius 2 is 1.62 bits per heavy atom. The number of rotatable bonds is 0. The molecule has 1 aliphatic heterocycles. The Morgan fingerprint density at radius 3 is 2.62 bits per heavy atom. The summed E-state index contributed by atoms with van der Waals surface area (Å²) < 4.78 is 5.98. The maximum atomic E-state index is 5.98. The van der Waals surface area contributed by atoms with E-state index in [9.17, 15) is 0 Å². The molecule has 3 aromatic carbocycles. The highest BCUT2D eigenvalue weighted by Gasteiger charge is 2.19. The first kappa shape index (κ1) is 11.0. The lowest BCUT2D eigenvalue weighted by Gasteiger charge is -2.21. The van der Waals surface area contributed by atoms with Gasteiger partial charge in [-0.15, -0.1) is 0 Å². The van der Waals surface area contributed by atoms with Crippen molar-refractivity contribution in [2.45, 2.75) is 6.42 Å². The molecule has 1 aliphatic rings. The number of fused-ring (bicyclic) bond motifs is 6. The van der Waals surface area contributed by atoms with Crippen LogP contribution in [0.2, 0.25) is 0 Å². The normalized spacial score (nSPS) is 13.0. The van der Waals surface area contributed by atoms with E-state index in [1.54, 1.807) is 0 Å². The summed E-state index contributed by atoms with van der Waals surface area (Å²) in [6.45, 7) is 0. The number of benzene rings is 3. The lowest BCUT2D eigenvalue weighted by Crippen LogP contribution is -2.06. The third kappa shape index (κ3) is 1.47. The van der Waals surface area contributed by atoms with Gasteiger partial charge < -0.3 is 9.73 Å². The van der Waals surface area contributed by atoms with Crippen LogP contribution < -0.4 is 5.32 Å². The number of nitrogens with one attached hydrogen (secondary N) is 1. The van der Waals surface area contributed by atoms with Crippen LogP contribution in [0.25, 0.3) is 21.9 Å². The molecule has 5 rings (SSSR count). The molecule has 0 radical (unpaired) electrons. The molecule has 1 N–H and O–H groups in total. The summed E-state index contributed by atoms with van der Waals surface area (Å²) in [6, 6.07) is 20.9. The third-order valence-electron chi connectivity index (χ3n) is 4.30. The SMILES string of the molecule is c1ccc2c(c1)Cc1c(ccc3oc4ccccc4c13)N2. The fourth-order valence-corrected chi connectivity index (χ4v) is 3.32. The van der Waals surface area contributed by atoms with E-state index in [1.165, 1.54) is 33.3 Å². The molecule has 0 bridgehead atoms. The third-order valence-corrected chi connectivity index (χ3v) is 4.30. The Morgan fingerprint density at radius 1 is 0.762 bits per heavy atom.